The molecule has 0 aromatic heterocycles. The molecule has 1 N–H and O–H groups in total. The molecule has 1 heterocycles. The van der Waals surface area contributed by atoms with Crippen LogP contribution in [0.25, 0.3) is 0 Å². The molecule has 1 fully saturated rings. The molecule has 0 radical (unpaired) electrons. The Labute approximate surface area is 86.5 Å². The van der Waals surface area contributed by atoms with Gasteiger partial charge >= 0.3 is 0 Å². The highest BCUT2D eigenvalue weighted by Gasteiger charge is 2.16. The lowest BCUT2D eigenvalue weighted by atomic mass is 10.2. The van der Waals surface area contributed by atoms with Gasteiger partial charge < -0.3 is 5.32 Å². The van der Waals surface area contributed by atoms with Crippen molar-refractivity contribution in [2.75, 3.05) is 38.2 Å². The zero-order chi connectivity index (χ0) is 9.52. The van der Waals surface area contributed by atoms with E-state index in [1.54, 1.807) is 0 Å². The Morgan fingerprint density at radius 2 is 2.31 bits per heavy atom. The highest BCUT2D eigenvalue weighted by molar-refractivity contribution is 7.98. The van der Waals surface area contributed by atoms with Crippen LogP contribution < -0.4 is 5.32 Å². The van der Waals surface area contributed by atoms with Crippen LogP contribution in [-0.2, 0) is 0 Å². The first-order valence-corrected chi connectivity index (χ1v) is 6.67. The largest absolute Gasteiger partial charge is 0.314 e. The van der Waals surface area contributed by atoms with Gasteiger partial charge in [-0.15, -0.1) is 0 Å². The van der Waals surface area contributed by atoms with Crippen molar-refractivity contribution < 1.29 is 0 Å². The van der Waals surface area contributed by atoms with Crippen molar-refractivity contribution in [3.8, 4) is 0 Å². The van der Waals surface area contributed by atoms with Crippen molar-refractivity contribution in [3.05, 3.63) is 0 Å². The van der Waals surface area contributed by atoms with Crippen molar-refractivity contribution in [2.24, 2.45) is 0 Å². The van der Waals surface area contributed by atoms with E-state index in [4.69, 9.17) is 0 Å². The van der Waals surface area contributed by atoms with Crippen LogP contribution in [0.15, 0.2) is 0 Å². The molecule has 1 rings (SSSR count). The predicted octanol–water partition coefficient (Wildman–Crippen LogP) is 1.42. The van der Waals surface area contributed by atoms with Crippen molar-refractivity contribution in [3.63, 3.8) is 0 Å². The zero-order valence-electron chi connectivity index (χ0n) is 8.88. The minimum Gasteiger partial charge on any atom is -0.314 e. The standard InChI is InChI=1S/C10H22N2S/c1-10-9-11-5-7-12(10)6-3-4-8-13-2/h10-11H,3-9H2,1-2H3. The SMILES string of the molecule is CSCCCCN1CCNCC1C. The second kappa shape index (κ2) is 6.68. The fraction of sp³-hybridized carbons (Fsp3) is 1.00. The molecule has 0 aliphatic carbocycles. The lowest BCUT2D eigenvalue weighted by molar-refractivity contribution is 0.172. The molecular weight excluding hydrogens is 180 g/mol. The van der Waals surface area contributed by atoms with Gasteiger partial charge in [-0.2, -0.15) is 11.8 Å². The van der Waals surface area contributed by atoms with E-state index in [2.05, 4.69) is 23.4 Å². The summed E-state index contributed by atoms with van der Waals surface area (Å²) in [6.45, 7) is 7.19. The Balaban J connectivity index is 2.05. The number of rotatable bonds is 5. The molecule has 1 atom stereocenters. The Bertz CT molecular complexity index is 130. The van der Waals surface area contributed by atoms with Crippen LogP contribution in [0.4, 0.5) is 0 Å². The van der Waals surface area contributed by atoms with E-state index in [1.807, 2.05) is 11.8 Å². The second-order valence-electron chi connectivity index (χ2n) is 3.79. The summed E-state index contributed by atoms with van der Waals surface area (Å²) >= 11 is 1.96. The fourth-order valence-corrected chi connectivity index (χ4v) is 2.27. The molecule has 1 unspecified atom stereocenters. The molecule has 13 heavy (non-hydrogen) atoms. The van der Waals surface area contributed by atoms with Crippen LogP contribution in [-0.4, -0.2) is 49.1 Å². The summed E-state index contributed by atoms with van der Waals surface area (Å²) in [6, 6.07) is 0.739. The summed E-state index contributed by atoms with van der Waals surface area (Å²) in [7, 11) is 0. The van der Waals surface area contributed by atoms with Gasteiger partial charge in [0, 0.05) is 25.7 Å². The Morgan fingerprint density at radius 1 is 1.46 bits per heavy atom. The average molecular weight is 202 g/mol. The van der Waals surface area contributed by atoms with Gasteiger partial charge in [0.05, 0.1) is 0 Å². The zero-order valence-corrected chi connectivity index (χ0v) is 9.70. The second-order valence-corrected chi connectivity index (χ2v) is 4.77. The molecule has 78 valence electrons. The van der Waals surface area contributed by atoms with E-state index in [-0.39, 0.29) is 0 Å². The van der Waals surface area contributed by atoms with E-state index in [0.29, 0.717) is 0 Å². The van der Waals surface area contributed by atoms with Crippen LogP contribution in [0.2, 0.25) is 0 Å². The van der Waals surface area contributed by atoms with Crippen LogP contribution >= 0.6 is 11.8 Å². The first kappa shape index (κ1) is 11.3. The van der Waals surface area contributed by atoms with Gasteiger partial charge in [-0.05, 0) is 38.3 Å². The van der Waals surface area contributed by atoms with Crippen molar-refractivity contribution >= 4 is 11.8 Å². The topological polar surface area (TPSA) is 15.3 Å². The van der Waals surface area contributed by atoms with Crippen molar-refractivity contribution in [1.29, 1.82) is 0 Å². The molecule has 0 spiro atoms. The molecule has 3 heteroatoms. The molecular formula is C10H22N2S. The molecule has 1 aliphatic heterocycles. The van der Waals surface area contributed by atoms with Crippen LogP contribution in [0.1, 0.15) is 19.8 Å². The lowest BCUT2D eigenvalue weighted by Gasteiger charge is -2.33. The van der Waals surface area contributed by atoms with Crippen LogP contribution in [0.5, 0.6) is 0 Å². The number of nitrogens with zero attached hydrogens (tertiary/aromatic N) is 1. The van der Waals surface area contributed by atoms with Gasteiger partial charge in [0.2, 0.25) is 0 Å². The highest BCUT2D eigenvalue weighted by Crippen LogP contribution is 2.06. The van der Waals surface area contributed by atoms with Gasteiger partial charge in [0.15, 0.2) is 0 Å². The van der Waals surface area contributed by atoms with Gasteiger partial charge in [0.1, 0.15) is 0 Å². The molecule has 0 amide bonds. The molecule has 0 aromatic rings. The minimum atomic E-state index is 0.739. The Hall–Kier alpha value is 0.270. The number of unbranched alkanes of at least 4 members (excludes halogenated alkanes) is 1. The molecule has 0 bridgehead atoms. The van der Waals surface area contributed by atoms with Crippen molar-refractivity contribution in [1.82, 2.24) is 10.2 Å². The minimum absolute atomic E-state index is 0.739. The van der Waals surface area contributed by atoms with E-state index >= 15 is 0 Å². The fourth-order valence-electron chi connectivity index (χ4n) is 1.78. The van der Waals surface area contributed by atoms with Gasteiger partial charge in [0.25, 0.3) is 0 Å². The van der Waals surface area contributed by atoms with E-state index in [0.717, 1.165) is 6.04 Å². The number of thioether (sulfide) groups is 1. The summed E-state index contributed by atoms with van der Waals surface area (Å²) < 4.78 is 0. The Morgan fingerprint density at radius 3 is 3.00 bits per heavy atom. The summed E-state index contributed by atoms with van der Waals surface area (Å²) in [4.78, 5) is 2.61. The number of piperazine rings is 1. The third kappa shape index (κ3) is 4.34. The maximum atomic E-state index is 3.42. The van der Waals surface area contributed by atoms with Crippen molar-refractivity contribution in [2.45, 2.75) is 25.8 Å². The Kier molecular flexibility index (Phi) is 5.83. The summed E-state index contributed by atoms with van der Waals surface area (Å²) in [6.07, 6.45) is 4.93. The lowest BCUT2D eigenvalue weighted by Crippen LogP contribution is -2.49. The number of hydrogen-bond acceptors (Lipinski definition) is 3. The molecule has 0 aromatic carbocycles. The highest BCUT2D eigenvalue weighted by atomic mass is 32.2. The molecule has 1 saturated heterocycles. The third-order valence-corrected chi connectivity index (χ3v) is 3.38. The van der Waals surface area contributed by atoms with Gasteiger partial charge in [-0.3, -0.25) is 4.90 Å². The molecule has 1 aliphatic rings. The maximum absolute atomic E-state index is 3.42. The monoisotopic (exact) mass is 202 g/mol. The first-order chi connectivity index (χ1) is 6.34. The van der Waals surface area contributed by atoms with E-state index in [9.17, 15) is 0 Å². The van der Waals surface area contributed by atoms with Crippen LogP contribution in [0.3, 0.4) is 0 Å². The smallest absolute Gasteiger partial charge is 0.0192 e. The number of hydrogen-bond donors (Lipinski definition) is 1. The third-order valence-electron chi connectivity index (χ3n) is 2.68. The maximum Gasteiger partial charge on any atom is 0.0192 e. The quantitative estimate of drug-likeness (QED) is 0.679. The van der Waals surface area contributed by atoms with E-state index < -0.39 is 0 Å². The first-order valence-electron chi connectivity index (χ1n) is 5.28. The van der Waals surface area contributed by atoms with Gasteiger partial charge in [-0.25, -0.2) is 0 Å². The number of nitrogens with one attached hydrogen (secondary N) is 1. The summed E-state index contributed by atoms with van der Waals surface area (Å²) in [5.41, 5.74) is 0. The predicted molar refractivity (Wildman–Crippen MR) is 61.5 cm³/mol. The molecule has 0 saturated carbocycles. The average Bonchev–Trinajstić information content (AvgIpc) is 2.15. The van der Waals surface area contributed by atoms with Gasteiger partial charge in [-0.1, -0.05) is 0 Å². The molecule has 2 nitrogen and oxygen atoms in total. The summed E-state index contributed by atoms with van der Waals surface area (Å²) in [5.74, 6) is 1.32. The van der Waals surface area contributed by atoms with Crippen LogP contribution in [0, 0.1) is 0 Å². The normalized spacial score (nSPS) is 24.9. The van der Waals surface area contributed by atoms with E-state index in [1.165, 1.54) is 44.8 Å². The summed E-state index contributed by atoms with van der Waals surface area (Å²) in [5, 5.41) is 3.42.